The van der Waals surface area contributed by atoms with Crippen molar-refractivity contribution >= 4 is 23.0 Å². The van der Waals surface area contributed by atoms with E-state index in [-0.39, 0.29) is 17.9 Å². The molecule has 1 fully saturated rings. The molecular formula is C19H24N4O4. The van der Waals surface area contributed by atoms with E-state index < -0.39 is 5.60 Å². The van der Waals surface area contributed by atoms with Crippen LogP contribution in [0, 0.1) is 11.1 Å². The van der Waals surface area contributed by atoms with Crippen molar-refractivity contribution in [3.8, 4) is 0 Å². The largest absolute Gasteiger partial charge is 0.691 e. The molecule has 2 heterocycles. The van der Waals surface area contributed by atoms with Gasteiger partial charge in [-0.2, -0.15) is 0 Å². The van der Waals surface area contributed by atoms with Crippen molar-refractivity contribution in [2.45, 2.75) is 39.2 Å². The Bertz CT molecular complexity index is 873. The van der Waals surface area contributed by atoms with E-state index in [9.17, 15) is 14.8 Å². The summed E-state index contributed by atoms with van der Waals surface area (Å²) in [5.74, 6) is -0.177. The summed E-state index contributed by atoms with van der Waals surface area (Å²) in [7, 11) is 0. The van der Waals surface area contributed by atoms with Gasteiger partial charge in [0.15, 0.2) is 0 Å². The van der Waals surface area contributed by atoms with Crippen LogP contribution in [0.5, 0.6) is 0 Å². The predicted molar refractivity (Wildman–Crippen MR) is 99.0 cm³/mol. The maximum absolute atomic E-state index is 12.4. The minimum absolute atomic E-state index is 0.189. The van der Waals surface area contributed by atoms with Crippen molar-refractivity contribution in [1.29, 1.82) is 0 Å². The van der Waals surface area contributed by atoms with E-state index in [2.05, 4.69) is 5.21 Å². The molecule has 0 unspecified atom stereocenters. The molecule has 0 radical (unpaired) electrons. The molecule has 3 rings (SSSR count). The highest BCUT2D eigenvalue weighted by molar-refractivity contribution is 5.94. The maximum Gasteiger partial charge on any atom is 0.410 e. The van der Waals surface area contributed by atoms with E-state index in [1.54, 1.807) is 29.2 Å². The normalized spacial score (nSPS) is 16.2. The molecule has 0 saturated carbocycles. The van der Waals surface area contributed by atoms with E-state index in [4.69, 9.17) is 4.74 Å². The third-order valence-electron chi connectivity index (χ3n) is 4.40. The average molecular weight is 372 g/mol. The standard InChI is InChI=1S/C19H24N4O4/c1-19(2,3)27-18(25)21-12-10-14(11-13-21)8-9-17(24)22-15-6-4-5-7-16(15)23(26)20-22/h4-9,14H,10-13H2,1-3H3/b9-8+. The number of allylic oxidation sites excluding steroid dienone is 2. The van der Waals surface area contributed by atoms with Gasteiger partial charge >= 0.3 is 12.0 Å². The van der Waals surface area contributed by atoms with Gasteiger partial charge in [0.05, 0.1) is 0 Å². The van der Waals surface area contributed by atoms with Gasteiger partial charge in [-0.05, 0) is 51.7 Å². The molecule has 1 aromatic heterocycles. The zero-order valence-electron chi connectivity index (χ0n) is 15.8. The molecular weight excluding hydrogens is 348 g/mol. The first-order valence-corrected chi connectivity index (χ1v) is 9.03. The van der Waals surface area contributed by atoms with Crippen LogP contribution in [0.2, 0.25) is 0 Å². The zero-order valence-corrected chi connectivity index (χ0v) is 15.8. The van der Waals surface area contributed by atoms with Crippen LogP contribution >= 0.6 is 0 Å². The van der Waals surface area contributed by atoms with Crippen LogP contribution in [0.3, 0.4) is 0 Å². The van der Waals surface area contributed by atoms with Crippen molar-refractivity contribution in [3.05, 3.63) is 41.6 Å². The van der Waals surface area contributed by atoms with E-state index in [1.165, 1.54) is 6.08 Å². The lowest BCUT2D eigenvalue weighted by atomic mass is 9.96. The molecule has 0 N–H and O–H groups in total. The number of fused-ring (bicyclic) bond motifs is 1. The second-order valence-corrected chi connectivity index (χ2v) is 7.67. The highest BCUT2D eigenvalue weighted by atomic mass is 16.6. The van der Waals surface area contributed by atoms with Gasteiger partial charge in [-0.15, -0.1) is 4.85 Å². The summed E-state index contributed by atoms with van der Waals surface area (Å²) in [5.41, 5.74) is 0.317. The molecule has 1 saturated heterocycles. The van der Waals surface area contributed by atoms with Gasteiger partial charge in [0.1, 0.15) is 10.8 Å². The Morgan fingerprint density at radius 2 is 1.93 bits per heavy atom. The smallest absolute Gasteiger partial charge is 0.410 e. The first-order valence-electron chi connectivity index (χ1n) is 9.03. The number of hydrogen-bond donors (Lipinski definition) is 0. The molecule has 1 aliphatic heterocycles. The lowest BCUT2D eigenvalue weighted by Crippen LogP contribution is -2.41. The van der Waals surface area contributed by atoms with Crippen molar-refractivity contribution in [1.82, 2.24) is 14.8 Å². The Hall–Kier alpha value is -2.90. The molecule has 1 aromatic carbocycles. The van der Waals surface area contributed by atoms with Gasteiger partial charge < -0.3 is 14.8 Å². The molecule has 0 atom stereocenters. The van der Waals surface area contributed by atoms with Crippen LogP contribution in [0.25, 0.3) is 11.0 Å². The Morgan fingerprint density at radius 3 is 2.59 bits per heavy atom. The van der Waals surface area contributed by atoms with Crippen LogP contribution in [0.4, 0.5) is 4.79 Å². The predicted octanol–water partition coefficient (Wildman–Crippen LogP) is 2.51. The first-order chi connectivity index (χ1) is 12.7. The van der Waals surface area contributed by atoms with Crippen LogP contribution < -0.4 is 4.85 Å². The number of piperidine rings is 1. The number of para-hydroxylation sites is 2. The molecule has 0 aliphatic carbocycles. The molecule has 27 heavy (non-hydrogen) atoms. The number of likely N-dealkylation sites (tertiary alicyclic amines) is 1. The number of benzene rings is 1. The van der Waals surface area contributed by atoms with E-state index in [0.29, 0.717) is 29.0 Å². The fourth-order valence-electron chi connectivity index (χ4n) is 3.04. The summed E-state index contributed by atoms with van der Waals surface area (Å²) in [5, 5.41) is 15.5. The van der Waals surface area contributed by atoms with Crippen molar-refractivity contribution in [3.63, 3.8) is 0 Å². The van der Waals surface area contributed by atoms with Gasteiger partial charge in [-0.1, -0.05) is 22.9 Å². The number of carbonyl (C=O) groups excluding carboxylic acids is 2. The van der Waals surface area contributed by atoms with Crippen molar-refractivity contribution in [2.75, 3.05) is 13.1 Å². The Morgan fingerprint density at radius 1 is 1.26 bits per heavy atom. The van der Waals surface area contributed by atoms with Crippen LogP contribution in [-0.4, -0.2) is 45.5 Å². The summed E-state index contributed by atoms with van der Waals surface area (Å²) in [6, 6.07) is 6.78. The summed E-state index contributed by atoms with van der Waals surface area (Å²) in [6.45, 7) is 6.70. The zero-order chi connectivity index (χ0) is 19.6. The number of nitrogens with zero attached hydrogens (tertiary/aromatic N) is 4. The number of carbonyl (C=O) groups is 2. The van der Waals surface area contributed by atoms with Gasteiger partial charge in [0, 0.05) is 19.2 Å². The van der Waals surface area contributed by atoms with Crippen LogP contribution in [0.15, 0.2) is 36.4 Å². The average Bonchev–Trinajstić information content (AvgIpc) is 2.96. The number of ether oxygens (including phenoxy) is 1. The van der Waals surface area contributed by atoms with E-state index in [0.717, 1.165) is 17.5 Å². The number of amides is 1. The van der Waals surface area contributed by atoms with Gasteiger partial charge in [0.2, 0.25) is 11.0 Å². The number of rotatable bonds is 2. The monoisotopic (exact) mass is 372 g/mol. The second-order valence-electron chi connectivity index (χ2n) is 7.67. The summed E-state index contributed by atoms with van der Waals surface area (Å²) < 4.78 is 6.49. The fraction of sp³-hybridized carbons (Fsp3) is 0.474. The Labute approximate surface area is 157 Å². The number of aromatic nitrogens is 3. The van der Waals surface area contributed by atoms with Gasteiger partial charge in [-0.25, -0.2) is 9.59 Å². The van der Waals surface area contributed by atoms with E-state index in [1.807, 2.05) is 26.8 Å². The van der Waals surface area contributed by atoms with Crippen LogP contribution in [-0.2, 0) is 4.74 Å². The SMILES string of the molecule is CC(C)(C)OC(=O)N1CCC(/C=C/C(=O)n2n[n+]([O-])c3ccccc32)CC1. The van der Waals surface area contributed by atoms with Gasteiger partial charge in [-0.3, -0.25) is 0 Å². The maximum atomic E-state index is 12.4. The minimum Gasteiger partial charge on any atom is -0.691 e. The summed E-state index contributed by atoms with van der Waals surface area (Å²) in [6.07, 6.45) is 4.49. The second kappa shape index (κ2) is 7.38. The molecule has 0 bridgehead atoms. The lowest BCUT2D eigenvalue weighted by molar-refractivity contribution is -0.645. The summed E-state index contributed by atoms with van der Waals surface area (Å²) >= 11 is 0. The van der Waals surface area contributed by atoms with Crippen molar-refractivity contribution in [2.24, 2.45) is 5.92 Å². The summed E-state index contributed by atoms with van der Waals surface area (Å²) in [4.78, 5) is 26.6. The molecule has 0 spiro atoms. The lowest BCUT2D eigenvalue weighted by Gasteiger charge is -2.32. The molecule has 2 aromatic rings. The van der Waals surface area contributed by atoms with Gasteiger partial charge in [0.25, 0.3) is 0 Å². The molecule has 1 aliphatic rings. The highest BCUT2D eigenvalue weighted by Crippen LogP contribution is 2.21. The molecule has 8 heteroatoms. The molecule has 1 amide bonds. The topological polar surface area (TPSA) is 91.4 Å². The van der Waals surface area contributed by atoms with E-state index >= 15 is 0 Å². The fourth-order valence-corrected chi connectivity index (χ4v) is 3.04. The number of hydrogen-bond acceptors (Lipinski definition) is 5. The minimum atomic E-state index is -0.509. The first kappa shape index (κ1) is 18.9. The Kier molecular flexibility index (Phi) is 5.16. The van der Waals surface area contributed by atoms with Crippen molar-refractivity contribution < 1.29 is 19.2 Å². The quantitative estimate of drug-likeness (QED) is 0.459. The van der Waals surface area contributed by atoms with Crippen LogP contribution in [0.1, 0.15) is 38.4 Å². The molecule has 144 valence electrons. The third kappa shape index (κ3) is 4.45. The highest BCUT2D eigenvalue weighted by Gasteiger charge is 2.26. The third-order valence-corrected chi connectivity index (χ3v) is 4.40. The molecule has 8 nitrogen and oxygen atoms in total. The Balaban J connectivity index is 1.59.